The average Bonchev–Trinajstić information content (AvgIpc) is 2.89. The fourth-order valence-electron chi connectivity index (χ4n) is 2.74. The number of nitrogens with one attached hydrogen (secondary N) is 3. The van der Waals surface area contributed by atoms with Gasteiger partial charge in [0.25, 0.3) is 0 Å². The Morgan fingerprint density at radius 1 is 1.40 bits per heavy atom. The number of carbonyl (C=O) groups is 1. The monoisotopic (exact) mass is 273 g/mol. The molecule has 20 heavy (non-hydrogen) atoms. The maximum atomic E-state index is 12.0. The van der Waals surface area contributed by atoms with E-state index < -0.39 is 0 Å². The molecule has 2 aromatic rings. The van der Waals surface area contributed by atoms with Crippen LogP contribution in [0, 0.1) is 5.92 Å². The van der Waals surface area contributed by atoms with E-state index in [0.717, 1.165) is 17.6 Å². The molecule has 0 unspecified atom stereocenters. The van der Waals surface area contributed by atoms with Crippen molar-refractivity contribution in [1.29, 1.82) is 0 Å². The highest BCUT2D eigenvalue weighted by atomic mass is 16.2. The standard InChI is InChI=1S/C14H19N5O/c1-9-4-2-3-5-10(9)18-14(20)19-12-8-16-13-11(17-12)6-7-15-13/h6-10H,2-5H2,1H3,(H,15,16)(H2,17,18,19,20)/t9-,10+/m0/s1. The van der Waals surface area contributed by atoms with E-state index >= 15 is 0 Å². The summed E-state index contributed by atoms with van der Waals surface area (Å²) < 4.78 is 0. The van der Waals surface area contributed by atoms with Gasteiger partial charge in [-0.3, -0.25) is 5.32 Å². The molecule has 2 aromatic heterocycles. The van der Waals surface area contributed by atoms with Gasteiger partial charge >= 0.3 is 6.03 Å². The van der Waals surface area contributed by atoms with E-state index in [2.05, 4.69) is 32.5 Å². The van der Waals surface area contributed by atoms with Crippen molar-refractivity contribution in [3.8, 4) is 0 Å². The van der Waals surface area contributed by atoms with Crippen molar-refractivity contribution in [1.82, 2.24) is 20.3 Å². The highest BCUT2D eigenvalue weighted by molar-refractivity contribution is 5.89. The first-order valence-corrected chi connectivity index (χ1v) is 7.10. The zero-order chi connectivity index (χ0) is 13.9. The number of fused-ring (bicyclic) bond motifs is 1. The molecule has 1 aliphatic carbocycles. The quantitative estimate of drug-likeness (QED) is 0.786. The molecule has 0 aromatic carbocycles. The van der Waals surface area contributed by atoms with Crippen molar-refractivity contribution in [2.75, 3.05) is 5.32 Å². The molecule has 2 amide bonds. The van der Waals surface area contributed by atoms with Gasteiger partial charge in [0.05, 0.1) is 6.20 Å². The summed E-state index contributed by atoms with van der Waals surface area (Å²) in [6.07, 6.45) is 8.01. The summed E-state index contributed by atoms with van der Waals surface area (Å²) in [4.78, 5) is 23.5. The SMILES string of the molecule is C[C@H]1CCCC[C@H]1NC(=O)Nc1cnc2[nH]ccc2n1. The second kappa shape index (κ2) is 5.48. The molecule has 6 heteroatoms. The lowest BCUT2D eigenvalue weighted by molar-refractivity contribution is 0.232. The van der Waals surface area contributed by atoms with Gasteiger partial charge in [0.15, 0.2) is 11.5 Å². The van der Waals surface area contributed by atoms with Crippen molar-refractivity contribution < 1.29 is 4.79 Å². The minimum absolute atomic E-state index is 0.201. The van der Waals surface area contributed by atoms with Gasteiger partial charge in [0, 0.05) is 12.2 Å². The van der Waals surface area contributed by atoms with Crippen LogP contribution in [-0.4, -0.2) is 27.0 Å². The summed E-state index contributed by atoms with van der Waals surface area (Å²) in [5.74, 6) is 1.01. The highest BCUT2D eigenvalue weighted by Crippen LogP contribution is 2.23. The van der Waals surface area contributed by atoms with Crippen molar-refractivity contribution in [3.05, 3.63) is 18.5 Å². The Kier molecular flexibility index (Phi) is 3.54. The first kappa shape index (κ1) is 12.9. The average molecular weight is 273 g/mol. The smallest absolute Gasteiger partial charge is 0.320 e. The lowest BCUT2D eigenvalue weighted by Gasteiger charge is -2.29. The van der Waals surface area contributed by atoms with Crippen LogP contribution in [-0.2, 0) is 0 Å². The maximum absolute atomic E-state index is 12.0. The largest absolute Gasteiger partial charge is 0.345 e. The molecule has 0 spiro atoms. The Hall–Kier alpha value is -2.11. The minimum Gasteiger partial charge on any atom is -0.345 e. The molecule has 106 valence electrons. The number of aromatic amines is 1. The summed E-state index contributed by atoms with van der Waals surface area (Å²) >= 11 is 0. The maximum Gasteiger partial charge on any atom is 0.320 e. The Morgan fingerprint density at radius 2 is 2.25 bits per heavy atom. The lowest BCUT2D eigenvalue weighted by Crippen LogP contribution is -2.43. The van der Waals surface area contributed by atoms with Gasteiger partial charge in [-0.1, -0.05) is 19.8 Å². The second-order valence-electron chi connectivity index (χ2n) is 5.43. The molecule has 6 nitrogen and oxygen atoms in total. The van der Waals surface area contributed by atoms with Gasteiger partial charge in [-0.15, -0.1) is 0 Å². The van der Waals surface area contributed by atoms with Crippen LogP contribution in [0.4, 0.5) is 10.6 Å². The van der Waals surface area contributed by atoms with Gasteiger partial charge < -0.3 is 10.3 Å². The van der Waals surface area contributed by atoms with Crippen LogP contribution in [0.3, 0.4) is 0 Å². The molecule has 1 aliphatic rings. The molecule has 0 saturated heterocycles. The van der Waals surface area contributed by atoms with E-state index in [-0.39, 0.29) is 12.1 Å². The Morgan fingerprint density at radius 3 is 3.10 bits per heavy atom. The third kappa shape index (κ3) is 2.74. The zero-order valence-corrected chi connectivity index (χ0v) is 11.5. The molecule has 1 saturated carbocycles. The number of nitrogens with zero attached hydrogens (tertiary/aromatic N) is 2. The molecule has 1 fully saturated rings. The van der Waals surface area contributed by atoms with E-state index in [1.54, 1.807) is 12.4 Å². The molecule has 0 bridgehead atoms. The summed E-state index contributed by atoms with van der Waals surface area (Å²) in [5.41, 5.74) is 1.46. The number of carbonyl (C=O) groups excluding carboxylic acids is 1. The minimum atomic E-state index is -0.201. The van der Waals surface area contributed by atoms with Gasteiger partial charge in [-0.25, -0.2) is 14.8 Å². The van der Waals surface area contributed by atoms with Crippen molar-refractivity contribution in [2.45, 2.75) is 38.6 Å². The first-order valence-electron chi connectivity index (χ1n) is 7.10. The molecule has 3 rings (SSSR count). The summed E-state index contributed by atoms with van der Waals surface area (Å²) in [7, 11) is 0. The van der Waals surface area contributed by atoms with E-state index in [1.165, 1.54) is 19.3 Å². The highest BCUT2D eigenvalue weighted by Gasteiger charge is 2.22. The fraction of sp³-hybridized carbons (Fsp3) is 0.500. The van der Waals surface area contributed by atoms with Gasteiger partial charge in [-0.2, -0.15) is 0 Å². The van der Waals surface area contributed by atoms with Crippen molar-refractivity contribution >= 4 is 23.0 Å². The van der Waals surface area contributed by atoms with E-state index in [0.29, 0.717) is 11.7 Å². The van der Waals surface area contributed by atoms with Crippen molar-refractivity contribution in [3.63, 3.8) is 0 Å². The molecule has 0 aliphatic heterocycles. The van der Waals surface area contributed by atoms with Crippen LogP contribution >= 0.6 is 0 Å². The number of aromatic nitrogens is 3. The number of amides is 2. The van der Waals surface area contributed by atoms with E-state index in [9.17, 15) is 4.79 Å². The van der Waals surface area contributed by atoms with Crippen LogP contribution in [0.2, 0.25) is 0 Å². The molecule has 0 radical (unpaired) electrons. The molecular weight excluding hydrogens is 254 g/mol. The van der Waals surface area contributed by atoms with E-state index in [1.807, 2.05) is 6.07 Å². The Bertz CT molecular complexity index is 608. The summed E-state index contributed by atoms with van der Waals surface area (Å²) in [6.45, 7) is 2.19. The third-order valence-corrected chi connectivity index (χ3v) is 3.93. The Labute approximate surface area is 117 Å². The van der Waals surface area contributed by atoms with Crippen LogP contribution in [0.1, 0.15) is 32.6 Å². The molecule has 3 N–H and O–H groups in total. The Balaban J connectivity index is 1.63. The second-order valence-corrected chi connectivity index (χ2v) is 5.43. The van der Waals surface area contributed by atoms with Gasteiger partial charge in [-0.05, 0) is 24.8 Å². The van der Waals surface area contributed by atoms with Crippen LogP contribution in [0.15, 0.2) is 18.5 Å². The third-order valence-electron chi connectivity index (χ3n) is 3.93. The predicted molar refractivity (Wildman–Crippen MR) is 77.5 cm³/mol. The van der Waals surface area contributed by atoms with Crippen LogP contribution in [0.5, 0.6) is 0 Å². The number of hydrogen-bond acceptors (Lipinski definition) is 3. The van der Waals surface area contributed by atoms with Gasteiger partial charge in [0.2, 0.25) is 0 Å². The molecule has 2 atom stereocenters. The number of hydrogen-bond donors (Lipinski definition) is 3. The van der Waals surface area contributed by atoms with E-state index in [4.69, 9.17) is 0 Å². The number of anilines is 1. The fourth-order valence-corrected chi connectivity index (χ4v) is 2.74. The topological polar surface area (TPSA) is 82.7 Å². The van der Waals surface area contributed by atoms with Crippen molar-refractivity contribution in [2.24, 2.45) is 5.92 Å². The predicted octanol–water partition coefficient (Wildman–Crippen LogP) is 2.66. The first-order chi connectivity index (χ1) is 9.72. The lowest BCUT2D eigenvalue weighted by atomic mass is 9.86. The van der Waals surface area contributed by atoms with Crippen LogP contribution < -0.4 is 10.6 Å². The normalized spacial score (nSPS) is 22.6. The number of urea groups is 1. The van der Waals surface area contributed by atoms with Gasteiger partial charge in [0.1, 0.15) is 5.52 Å². The summed E-state index contributed by atoms with van der Waals surface area (Å²) in [5, 5.41) is 5.79. The molecular formula is C14H19N5O. The number of H-pyrrole nitrogens is 1. The molecule has 2 heterocycles. The number of rotatable bonds is 2. The zero-order valence-electron chi connectivity index (χ0n) is 11.5. The summed E-state index contributed by atoms with van der Waals surface area (Å²) in [6, 6.07) is 1.88. The van der Waals surface area contributed by atoms with Crippen LogP contribution in [0.25, 0.3) is 11.2 Å².